The van der Waals surface area contributed by atoms with Crippen molar-refractivity contribution >= 4 is 23.3 Å². The van der Waals surface area contributed by atoms with E-state index in [4.69, 9.17) is 16.0 Å². The zero-order valence-corrected chi connectivity index (χ0v) is 17.9. The minimum Gasteiger partial charge on any atom is -0.463 e. The maximum atomic E-state index is 12.7. The molecule has 0 radical (unpaired) electrons. The molecule has 9 heteroatoms. The molecule has 4 aromatic rings. The minimum atomic E-state index is -0.236. The van der Waals surface area contributed by atoms with Crippen LogP contribution < -0.4 is 10.9 Å². The van der Waals surface area contributed by atoms with Crippen LogP contribution >= 0.6 is 11.6 Å². The number of carbonyl (C=O) groups is 1. The highest BCUT2D eigenvalue weighted by atomic mass is 35.5. The van der Waals surface area contributed by atoms with Crippen molar-refractivity contribution < 1.29 is 9.21 Å². The summed E-state index contributed by atoms with van der Waals surface area (Å²) >= 11 is 5.92. The number of aromatic nitrogens is 4. The van der Waals surface area contributed by atoms with Gasteiger partial charge >= 0.3 is 0 Å². The molecular weight excluding hydrogens is 430 g/mol. The number of benzene rings is 1. The molecule has 3 heterocycles. The number of amides is 1. The zero-order chi connectivity index (χ0) is 22.1. The van der Waals surface area contributed by atoms with E-state index in [1.807, 2.05) is 0 Å². The van der Waals surface area contributed by atoms with Gasteiger partial charge in [-0.15, -0.1) is 0 Å². The van der Waals surface area contributed by atoms with Crippen LogP contribution in [0.5, 0.6) is 0 Å². The number of aryl methyl sites for hydroxylation is 1. The summed E-state index contributed by atoms with van der Waals surface area (Å²) in [6.45, 7) is 0. The van der Waals surface area contributed by atoms with Crippen LogP contribution in [-0.2, 0) is 24.1 Å². The van der Waals surface area contributed by atoms with Gasteiger partial charge in [-0.05, 0) is 55.5 Å². The molecule has 0 spiro atoms. The highest BCUT2D eigenvalue weighted by Crippen LogP contribution is 2.25. The van der Waals surface area contributed by atoms with Crippen LogP contribution in [0, 0.1) is 0 Å². The Morgan fingerprint density at radius 1 is 1.19 bits per heavy atom. The van der Waals surface area contributed by atoms with Gasteiger partial charge in [0.05, 0.1) is 18.4 Å². The van der Waals surface area contributed by atoms with E-state index < -0.39 is 0 Å². The van der Waals surface area contributed by atoms with Crippen LogP contribution in [0.1, 0.15) is 29.7 Å². The highest BCUT2D eigenvalue weighted by molar-refractivity contribution is 6.30. The largest absolute Gasteiger partial charge is 0.463 e. The molecular formula is C23H20ClN5O3. The quantitative estimate of drug-likeness (QED) is 0.480. The molecule has 0 atom stereocenters. The number of H-pyrrole nitrogens is 1. The van der Waals surface area contributed by atoms with Crippen LogP contribution in [0.4, 0.5) is 5.82 Å². The van der Waals surface area contributed by atoms with E-state index in [1.54, 1.807) is 48.7 Å². The Balaban J connectivity index is 1.50. The number of halogens is 1. The molecule has 0 saturated heterocycles. The fourth-order valence-electron chi connectivity index (χ4n) is 3.84. The lowest BCUT2D eigenvalue weighted by atomic mass is 9.97. The van der Waals surface area contributed by atoms with Crippen LogP contribution in [0.2, 0.25) is 5.02 Å². The third kappa shape index (κ3) is 4.09. The Morgan fingerprint density at radius 3 is 2.78 bits per heavy atom. The number of nitrogens with zero attached hydrogens (tertiary/aromatic N) is 3. The molecule has 2 N–H and O–H groups in total. The van der Waals surface area contributed by atoms with Crippen molar-refractivity contribution in [1.82, 2.24) is 19.7 Å². The second-order valence-electron chi connectivity index (χ2n) is 7.68. The number of carbonyl (C=O) groups excluding carboxylic acids is 1. The van der Waals surface area contributed by atoms with Gasteiger partial charge in [-0.25, -0.2) is 4.98 Å². The molecule has 0 saturated carbocycles. The monoisotopic (exact) mass is 449 g/mol. The average molecular weight is 450 g/mol. The molecule has 1 amide bonds. The van der Waals surface area contributed by atoms with E-state index in [-0.39, 0.29) is 23.8 Å². The fourth-order valence-corrected chi connectivity index (χ4v) is 3.97. The third-order valence-corrected chi connectivity index (χ3v) is 5.66. The van der Waals surface area contributed by atoms with Gasteiger partial charge in [0.1, 0.15) is 11.5 Å². The van der Waals surface area contributed by atoms with Crippen molar-refractivity contribution in [3.63, 3.8) is 0 Å². The lowest BCUT2D eigenvalue weighted by Crippen LogP contribution is -2.25. The molecule has 1 aromatic carbocycles. The topological polar surface area (TPSA) is 106 Å². The number of rotatable bonds is 5. The van der Waals surface area contributed by atoms with E-state index in [0.717, 1.165) is 42.5 Å². The Kier molecular flexibility index (Phi) is 5.36. The number of fused-ring (bicyclic) bond motifs is 1. The van der Waals surface area contributed by atoms with E-state index in [2.05, 4.69) is 20.4 Å². The summed E-state index contributed by atoms with van der Waals surface area (Å²) in [6, 6.07) is 12.3. The van der Waals surface area contributed by atoms with Gasteiger partial charge in [0.2, 0.25) is 11.9 Å². The first-order valence-corrected chi connectivity index (χ1v) is 10.8. The molecule has 5 rings (SSSR count). The molecule has 162 valence electrons. The third-order valence-electron chi connectivity index (χ3n) is 5.41. The first-order valence-electron chi connectivity index (χ1n) is 10.4. The van der Waals surface area contributed by atoms with E-state index >= 15 is 0 Å². The number of hydrogen-bond acceptors (Lipinski definition) is 5. The first-order chi connectivity index (χ1) is 15.6. The van der Waals surface area contributed by atoms with Gasteiger partial charge in [-0.1, -0.05) is 23.7 Å². The summed E-state index contributed by atoms with van der Waals surface area (Å²) in [5, 5.41) is 8.03. The van der Waals surface area contributed by atoms with Gasteiger partial charge in [0, 0.05) is 16.7 Å². The molecule has 32 heavy (non-hydrogen) atoms. The number of hydrogen-bond donors (Lipinski definition) is 2. The standard InChI is InChI=1S/C23H20ClN5O3/c24-15-9-7-14(8-10-15)12-21(30)26-20-13-18(19-6-3-11-32-19)28-29(20)23-25-17-5-2-1-4-16(17)22(31)27-23/h3,6-11,13H,1-2,4-5,12H2,(H,26,30)(H,25,27,31). The minimum absolute atomic E-state index is 0.159. The van der Waals surface area contributed by atoms with Crippen molar-refractivity contribution in [1.29, 1.82) is 0 Å². The van der Waals surface area contributed by atoms with E-state index in [9.17, 15) is 9.59 Å². The van der Waals surface area contributed by atoms with Crippen molar-refractivity contribution in [2.45, 2.75) is 32.1 Å². The van der Waals surface area contributed by atoms with E-state index in [1.165, 1.54) is 4.68 Å². The maximum Gasteiger partial charge on any atom is 0.255 e. The lowest BCUT2D eigenvalue weighted by Gasteiger charge is -2.15. The Labute approximate surface area is 188 Å². The summed E-state index contributed by atoms with van der Waals surface area (Å²) in [7, 11) is 0. The number of nitrogens with one attached hydrogen (secondary N) is 2. The van der Waals surface area contributed by atoms with Crippen molar-refractivity contribution in [3.05, 3.63) is 80.9 Å². The van der Waals surface area contributed by atoms with Crippen LogP contribution in [0.15, 0.2) is 57.9 Å². The predicted molar refractivity (Wildman–Crippen MR) is 120 cm³/mol. The fraction of sp³-hybridized carbons (Fsp3) is 0.217. The van der Waals surface area contributed by atoms with Gasteiger partial charge < -0.3 is 9.73 Å². The Hall–Kier alpha value is -3.65. The molecule has 8 nitrogen and oxygen atoms in total. The number of aromatic amines is 1. The van der Waals surface area contributed by atoms with Crippen LogP contribution in [0.25, 0.3) is 17.4 Å². The zero-order valence-electron chi connectivity index (χ0n) is 17.1. The predicted octanol–water partition coefficient (Wildman–Crippen LogP) is 3.93. The number of anilines is 1. The molecule has 0 aliphatic heterocycles. The first kappa shape index (κ1) is 20.3. The van der Waals surface area contributed by atoms with Crippen molar-refractivity contribution in [2.75, 3.05) is 5.32 Å². The summed E-state index contributed by atoms with van der Waals surface area (Å²) in [6.07, 6.45) is 5.15. The molecule has 0 fully saturated rings. The van der Waals surface area contributed by atoms with Gasteiger partial charge in [-0.2, -0.15) is 9.78 Å². The number of furan rings is 1. The summed E-state index contributed by atoms with van der Waals surface area (Å²) < 4.78 is 6.89. The van der Waals surface area contributed by atoms with Gasteiger partial charge in [-0.3, -0.25) is 14.6 Å². The normalized spacial score (nSPS) is 13.0. The SMILES string of the molecule is O=C(Cc1ccc(Cl)cc1)Nc1cc(-c2ccco2)nn1-c1nc2c(c(=O)[nH]1)CCCC2. The van der Waals surface area contributed by atoms with Crippen LogP contribution in [0.3, 0.4) is 0 Å². The van der Waals surface area contributed by atoms with Crippen molar-refractivity contribution in [2.24, 2.45) is 0 Å². The van der Waals surface area contributed by atoms with E-state index in [0.29, 0.717) is 22.3 Å². The maximum absolute atomic E-state index is 12.7. The molecule has 3 aromatic heterocycles. The lowest BCUT2D eigenvalue weighted by molar-refractivity contribution is -0.115. The second-order valence-corrected chi connectivity index (χ2v) is 8.11. The molecule has 0 bridgehead atoms. The summed E-state index contributed by atoms with van der Waals surface area (Å²) in [4.78, 5) is 32.9. The summed E-state index contributed by atoms with van der Waals surface area (Å²) in [5.74, 6) is 0.946. The van der Waals surface area contributed by atoms with Crippen molar-refractivity contribution in [3.8, 4) is 17.4 Å². The van der Waals surface area contributed by atoms with Crippen LogP contribution in [-0.4, -0.2) is 25.7 Å². The smallest absolute Gasteiger partial charge is 0.255 e. The molecule has 1 aliphatic carbocycles. The Bertz CT molecular complexity index is 1320. The van der Waals surface area contributed by atoms with Gasteiger partial charge in [0.25, 0.3) is 5.56 Å². The highest BCUT2D eigenvalue weighted by Gasteiger charge is 2.20. The second kappa shape index (κ2) is 8.47. The Morgan fingerprint density at radius 2 is 2.00 bits per heavy atom. The van der Waals surface area contributed by atoms with Gasteiger partial charge in [0.15, 0.2) is 5.76 Å². The average Bonchev–Trinajstić information content (AvgIpc) is 3.45. The molecule has 0 unspecified atom stereocenters. The summed E-state index contributed by atoms with van der Waals surface area (Å²) in [5.41, 5.74) is 2.68. The molecule has 1 aliphatic rings.